The van der Waals surface area contributed by atoms with E-state index in [0.717, 1.165) is 42.6 Å². The summed E-state index contributed by atoms with van der Waals surface area (Å²) in [6, 6.07) is 15.2. The van der Waals surface area contributed by atoms with Gasteiger partial charge in [0.1, 0.15) is 23.9 Å². The number of nitrogens with two attached hydrogens (primary N) is 2. The van der Waals surface area contributed by atoms with Gasteiger partial charge in [-0.25, -0.2) is 9.97 Å². The first-order valence-electron chi connectivity index (χ1n) is 31.3. The molecule has 0 spiro atoms. The minimum absolute atomic E-state index is 0.0316. The number of rotatable bonds is 45. The minimum atomic E-state index is -0.795. The summed E-state index contributed by atoms with van der Waals surface area (Å²) < 4.78 is 42.3. The predicted octanol–water partition coefficient (Wildman–Crippen LogP) is 3.49. The van der Waals surface area contributed by atoms with Crippen LogP contribution >= 0.6 is 0 Å². The molecule has 0 bridgehead atoms. The van der Waals surface area contributed by atoms with Crippen LogP contribution < -0.4 is 46.7 Å². The van der Waals surface area contributed by atoms with Crippen molar-refractivity contribution in [1.29, 1.82) is 0 Å². The number of aryl methyl sites for hydroxylation is 2. The van der Waals surface area contributed by atoms with Crippen LogP contribution in [0.1, 0.15) is 98.4 Å². The normalized spacial score (nSPS) is 14.1. The summed E-state index contributed by atoms with van der Waals surface area (Å²) in [6.07, 6.45) is 8.68. The second kappa shape index (κ2) is 37.9. The van der Waals surface area contributed by atoms with E-state index in [2.05, 4.69) is 50.0 Å². The molecule has 1 atom stereocenters. The third-order valence-electron chi connectivity index (χ3n) is 15.9. The quantitative estimate of drug-likeness (QED) is 0.0273. The van der Waals surface area contributed by atoms with Crippen molar-refractivity contribution in [3.05, 3.63) is 83.4 Å². The van der Waals surface area contributed by atoms with Crippen LogP contribution in [0.25, 0.3) is 0 Å². The highest BCUT2D eigenvalue weighted by atomic mass is 16.6. The van der Waals surface area contributed by atoms with Crippen LogP contribution in [0.5, 0.6) is 11.6 Å². The van der Waals surface area contributed by atoms with Crippen LogP contribution in [0.4, 0.5) is 11.5 Å². The summed E-state index contributed by atoms with van der Waals surface area (Å²) >= 11 is 0. The Morgan fingerprint density at radius 3 is 2.06 bits per heavy atom. The van der Waals surface area contributed by atoms with Crippen molar-refractivity contribution in [3.63, 3.8) is 0 Å². The monoisotopic (exact) mass is 1240 g/mol. The Kier molecular flexibility index (Phi) is 30.3. The first kappa shape index (κ1) is 71.2. The van der Waals surface area contributed by atoms with Crippen LogP contribution in [-0.2, 0) is 56.0 Å². The molecule has 89 heavy (non-hydrogen) atoms. The Bertz CT molecular complexity index is 2770. The van der Waals surface area contributed by atoms with Gasteiger partial charge in [-0.05, 0) is 98.1 Å². The highest BCUT2D eigenvalue weighted by Gasteiger charge is 2.35. The number of aliphatic carboxylic acids is 1. The highest BCUT2D eigenvalue weighted by Crippen LogP contribution is 2.45. The number of anilines is 2. The van der Waals surface area contributed by atoms with E-state index in [1.165, 1.54) is 0 Å². The molecule has 1 saturated heterocycles. The molecule has 2 aliphatic rings. The molecule has 1 saturated carbocycles. The summed E-state index contributed by atoms with van der Waals surface area (Å²) in [5.74, 6) is 0.928. The Morgan fingerprint density at radius 2 is 1.44 bits per heavy atom. The molecule has 0 unspecified atom stereocenters. The SMILES string of the molecule is COc1ccc(C(=O)N(CC(C)(C)CCn2cc(COCCOCCOCCOCCOCC(=O)NCC[N+](C)(CCC(=O)NCCN)CCC(=O)NCCN)nn2)c2cccc(C)n2)c(N2CCC(COc3cc([C@@H](CC(=O)O)C4CC4)ccn3)CC2)c1. The van der Waals surface area contributed by atoms with Gasteiger partial charge >= 0.3 is 5.97 Å². The Labute approximate surface area is 523 Å². The molecule has 8 N–H and O–H groups in total. The maximum absolute atomic E-state index is 15.0. The molecule has 4 amide bonds. The summed E-state index contributed by atoms with van der Waals surface area (Å²) in [4.78, 5) is 76.9. The molecule has 26 nitrogen and oxygen atoms in total. The maximum Gasteiger partial charge on any atom is 0.303 e. The summed E-state index contributed by atoms with van der Waals surface area (Å²) in [5.41, 5.74) is 14.4. The number of carbonyl (C=O) groups is 5. The van der Waals surface area contributed by atoms with Crippen LogP contribution in [0.2, 0.25) is 0 Å². The number of nitrogens with zero attached hydrogens (tertiary/aromatic N) is 8. The minimum Gasteiger partial charge on any atom is -0.497 e. The van der Waals surface area contributed by atoms with Crippen molar-refractivity contribution in [2.75, 3.05) is 162 Å². The molecule has 1 aromatic carbocycles. The van der Waals surface area contributed by atoms with E-state index in [1.54, 1.807) is 22.9 Å². The molecular weight excluding hydrogens is 1150 g/mol. The van der Waals surface area contributed by atoms with Crippen LogP contribution in [0.15, 0.2) is 60.9 Å². The number of amides is 4. The van der Waals surface area contributed by atoms with Crippen LogP contribution in [-0.4, -0.2) is 216 Å². The van der Waals surface area contributed by atoms with Crippen molar-refractivity contribution in [2.24, 2.45) is 28.7 Å². The fourth-order valence-electron chi connectivity index (χ4n) is 10.4. The number of ether oxygens (including phenoxy) is 7. The van der Waals surface area contributed by atoms with Crippen molar-refractivity contribution in [1.82, 2.24) is 40.9 Å². The lowest BCUT2D eigenvalue weighted by Gasteiger charge is -2.36. The van der Waals surface area contributed by atoms with Crippen molar-refractivity contribution in [2.45, 2.75) is 91.2 Å². The van der Waals surface area contributed by atoms with Crippen molar-refractivity contribution in [3.8, 4) is 11.6 Å². The number of quaternary nitrogens is 1. The zero-order valence-corrected chi connectivity index (χ0v) is 53.0. The first-order valence-corrected chi connectivity index (χ1v) is 31.3. The predicted molar refractivity (Wildman–Crippen MR) is 335 cm³/mol. The zero-order valence-electron chi connectivity index (χ0n) is 53.0. The first-order chi connectivity index (χ1) is 43.0. The third kappa shape index (κ3) is 26.2. The van der Waals surface area contributed by atoms with Gasteiger partial charge in [0.2, 0.25) is 23.6 Å². The molecule has 2 fully saturated rings. The van der Waals surface area contributed by atoms with Crippen molar-refractivity contribution >= 4 is 41.1 Å². The average Bonchev–Trinajstić information content (AvgIpc) is 2.04. The van der Waals surface area contributed by atoms with Gasteiger partial charge in [-0.15, -0.1) is 5.10 Å². The topological polar surface area (TPSA) is 321 Å². The molecule has 492 valence electrons. The number of hydrogen-bond donors (Lipinski definition) is 6. The van der Waals surface area contributed by atoms with Gasteiger partial charge in [0.25, 0.3) is 5.91 Å². The number of carboxylic acid groups (broad SMARTS) is 1. The van der Waals surface area contributed by atoms with E-state index in [9.17, 15) is 24.3 Å². The number of benzene rings is 1. The van der Waals surface area contributed by atoms with E-state index in [4.69, 9.17) is 49.6 Å². The summed E-state index contributed by atoms with van der Waals surface area (Å²) in [5, 5.41) is 26.6. The fraction of sp³-hybridized carbons (Fsp3) is 0.635. The van der Waals surface area contributed by atoms with Crippen LogP contribution in [0, 0.1) is 24.2 Å². The van der Waals surface area contributed by atoms with Gasteiger partial charge in [0.05, 0.1) is 143 Å². The summed E-state index contributed by atoms with van der Waals surface area (Å²) in [6.45, 7) is 15.3. The molecule has 0 radical (unpaired) electrons. The number of nitrogens with one attached hydrogen (secondary N) is 3. The standard InChI is InChI=1S/C63H97N13O13/c1-47-7-6-8-56(70-47)75(62(82)53-12-11-52(83-5)40-55(53)73-25-14-48(15-26-73)43-89-60-39-50(13-21-69-60)54(41-61(80)81)49-9-10-49)46-63(2,3)18-27-74-42-51(71-72-74)44-87-37-35-85-33-31-84-32-34-86-36-38-88-45-59(79)68-24-30-76(4,28-16-57(77)66-22-19-64)29-17-58(78)67-23-20-65/h6-8,11-13,21,39-40,42,48-49,54H,9-10,14-20,22-38,41,43-46,64-65H2,1-5H3,(H3-,66,67,68,77,78,79,80,81)/p+1/t54-/m0/s1. The zero-order chi connectivity index (χ0) is 63.9. The maximum atomic E-state index is 15.0. The summed E-state index contributed by atoms with van der Waals surface area (Å²) in [7, 11) is 3.58. The van der Waals surface area contributed by atoms with Gasteiger partial charge < -0.3 is 75.1 Å². The van der Waals surface area contributed by atoms with E-state index in [1.807, 2.05) is 68.7 Å². The molecule has 4 heterocycles. The highest BCUT2D eigenvalue weighted by molar-refractivity contribution is 6.09. The lowest BCUT2D eigenvalue weighted by Crippen LogP contribution is -2.52. The molecule has 3 aromatic heterocycles. The molecule has 4 aromatic rings. The Morgan fingerprint density at radius 1 is 0.798 bits per heavy atom. The largest absolute Gasteiger partial charge is 0.497 e. The second-order valence-electron chi connectivity index (χ2n) is 23.9. The molecule has 26 heteroatoms. The number of pyridine rings is 2. The average molecular weight is 1250 g/mol. The van der Waals surface area contributed by atoms with E-state index < -0.39 is 5.97 Å². The van der Waals surface area contributed by atoms with E-state index in [0.29, 0.717) is 177 Å². The smallest absolute Gasteiger partial charge is 0.303 e. The second-order valence-corrected chi connectivity index (χ2v) is 23.9. The number of methoxy groups -OCH3 is 1. The van der Waals surface area contributed by atoms with Gasteiger partial charge in [-0.3, -0.25) is 33.6 Å². The number of carboxylic acids is 1. The third-order valence-corrected chi connectivity index (χ3v) is 15.9. The Hall–Kier alpha value is -6.91. The van der Waals surface area contributed by atoms with Crippen molar-refractivity contribution < 1.29 is 66.7 Å². The lowest BCUT2D eigenvalue weighted by molar-refractivity contribution is -0.907. The lowest BCUT2D eigenvalue weighted by atomic mass is 9.88. The van der Waals surface area contributed by atoms with Gasteiger partial charge in [0, 0.05) is 76.4 Å². The van der Waals surface area contributed by atoms with Gasteiger partial charge in [-0.1, -0.05) is 25.1 Å². The molecule has 6 rings (SSSR count). The van der Waals surface area contributed by atoms with Crippen LogP contribution in [0.3, 0.4) is 0 Å². The van der Waals surface area contributed by atoms with Gasteiger partial charge in [0.15, 0.2) is 0 Å². The fourth-order valence-corrected chi connectivity index (χ4v) is 10.4. The molecule has 1 aliphatic carbocycles. The number of aromatic nitrogens is 5. The van der Waals surface area contributed by atoms with E-state index >= 15 is 4.79 Å². The number of hydrogen-bond acceptors (Lipinski definition) is 19. The number of likely N-dealkylation sites (N-methyl/N-ethyl adjacent to an activating group) is 1. The number of piperidine rings is 1. The van der Waals surface area contributed by atoms with Gasteiger partial charge in [-0.2, -0.15) is 0 Å². The van der Waals surface area contributed by atoms with E-state index in [-0.39, 0.29) is 80.0 Å². The molecule has 1 aliphatic heterocycles. The Balaban J connectivity index is 0.844. The number of carbonyl (C=O) groups excluding carboxylic acids is 4. The molecular formula is C63H98N13O13+.